The van der Waals surface area contributed by atoms with Gasteiger partial charge in [-0.05, 0) is 37.0 Å². The molecule has 2 unspecified atom stereocenters. The Hall–Kier alpha value is -1.10. The number of rotatable bonds is 8. The van der Waals surface area contributed by atoms with E-state index >= 15 is 0 Å². The third-order valence-corrected chi connectivity index (χ3v) is 4.19. The third-order valence-electron chi connectivity index (χ3n) is 4.19. The Labute approximate surface area is 126 Å². The van der Waals surface area contributed by atoms with E-state index in [0.717, 1.165) is 38.5 Å². The molecule has 4 nitrogen and oxygen atoms in total. The second-order valence-corrected chi connectivity index (χ2v) is 6.01. The molecule has 1 saturated carbocycles. The minimum absolute atomic E-state index is 0.0845. The van der Waals surface area contributed by atoms with Gasteiger partial charge in [-0.3, -0.25) is 0 Å². The van der Waals surface area contributed by atoms with Gasteiger partial charge >= 0.3 is 0 Å². The summed E-state index contributed by atoms with van der Waals surface area (Å²) in [5.74, 6) is 1.43. The molecule has 0 amide bonds. The van der Waals surface area contributed by atoms with E-state index < -0.39 is 0 Å². The van der Waals surface area contributed by atoms with Crippen molar-refractivity contribution < 1.29 is 14.2 Å². The first-order valence-electron chi connectivity index (χ1n) is 7.92. The zero-order valence-corrected chi connectivity index (χ0v) is 12.7. The summed E-state index contributed by atoms with van der Waals surface area (Å²) in [6.45, 7) is 3.35. The van der Waals surface area contributed by atoms with Gasteiger partial charge in [-0.1, -0.05) is 12.1 Å². The summed E-state index contributed by atoms with van der Waals surface area (Å²) < 4.78 is 16.9. The first-order valence-corrected chi connectivity index (χ1v) is 7.92. The van der Waals surface area contributed by atoms with Crippen LogP contribution >= 0.6 is 0 Å². The predicted molar refractivity (Wildman–Crippen MR) is 81.6 cm³/mol. The molecule has 0 bridgehead atoms. The molecule has 0 aromatic heterocycles. The van der Waals surface area contributed by atoms with Crippen LogP contribution in [0.5, 0.6) is 5.75 Å². The van der Waals surface area contributed by atoms with Crippen molar-refractivity contribution in [3.05, 3.63) is 29.8 Å². The molecule has 0 spiro atoms. The summed E-state index contributed by atoms with van der Waals surface area (Å²) in [5, 5.41) is 3.57. The summed E-state index contributed by atoms with van der Waals surface area (Å²) in [6.07, 6.45) is 3.78. The summed E-state index contributed by atoms with van der Waals surface area (Å²) in [5.41, 5.74) is 1.18. The Kier molecular flexibility index (Phi) is 5.12. The van der Waals surface area contributed by atoms with Gasteiger partial charge in [-0.15, -0.1) is 0 Å². The maximum absolute atomic E-state index is 6.19. The molecule has 2 atom stereocenters. The number of methoxy groups -OCH3 is 1. The van der Waals surface area contributed by atoms with E-state index in [9.17, 15) is 0 Å². The molecule has 1 heterocycles. The van der Waals surface area contributed by atoms with E-state index in [0.29, 0.717) is 12.0 Å². The Morgan fingerprint density at radius 1 is 1.33 bits per heavy atom. The van der Waals surface area contributed by atoms with Crippen LogP contribution in [0.25, 0.3) is 0 Å². The van der Waals surface area contributed by atoms with Gasteiger partial charge in [0.25, 0.3) is 0 Å². The lowest BCUT2D eigenvalue weighted by atomic mass is 10.1. The van der Waals surface area contributed by atoms with E-state index in [1.54, 1.807) is 7.11 Å². The van der Waals surface area contributed by atoms with Gasteiger partial charge in [0.1, 0.15) is 5.75 Å². The number of hydrogen-bond donors (Lipinski definition) is 1. The molecule has 1 aromatic carbocycles. The molecule has 1 aromatic rings. The largest absolute Gasteiger partial charge is 0.497 e. The Morgan fingerprint density at radius 2 is 2.24 bits per heavy atom. The minimum Gasteiger partial charge on any atom is -0.497 e. The Balaban J connectivity index is 1.61. The lowest BCUT2D eigenvalue weighted by Gasteiger charge is -2.21. The van der Waals surface area contributed by atoms with Crippen molar-refractivity contribution in [2.75, 3.05) is 33.5 Å². The predicted octanol–water partition coefficient (Wildman–Crippen LogP) is 2.54. The molecule has 3 rings (SSSR count). The third kappa shape index (κ3) is 4.43. The molecule has 116 valence electrons. The van der Waals surface area contributed by atoms with E-state index in [2.05, 4.69) is 17.4 Å². The topological polar surface area (TPSA) is 39.7 Å². The summed E-state index contributed by atoms with van der Waals surface area (Å²) in [4.78, 5) is 0. The van der Waals surface area contributed by atoms with Crippen LogP contribution < -0.4 is 10.1 Å². The van der Waals surface area contributed by atoms with Crippen LogP contribution in [0.2, 0.25) is 0 Å². The standard InChI is InChI=1S/C17H25NO3/c1-19-16-4-2-3-14(9-16)17(10-18-15-5-6-15)21-12-13-7-8-20-11-13/h2-4,9,13,15,17-18H,5-8,10-12H2,1H3. The van der Waals surface area contributed by atoms with E-state index in [1.165, 1.54) is 18.4 Å². The van der Waals surface area contributed by atoms with Crippen molar-refractivity contribution in [2.24, 2.45) is 5.92 Å². The van der Waals surface area contributed by atoms with Gasteiger partial charge in [-0.25, -0.2) is 0 Å². The molecule has 1 saturated heterocycles. The van der Waals surface area contributed by atoms with Crippen LogP contribution in [-0.2, 0) is 9.47 Å². The summed E-state index contributed by atoms with van der Waals surface area (Å²) in [7, 11) is 1.70. The van der Waals surface area contributed by atoms with Crippen molar-refractivity contribution >= 4 is 0 Å². The van der Waals surface area contributed by atoms with Crippen LogP contribution in [0.3, 0.4) is 0 Å². The molecular weight excluding hydrogens is 266 g/mol. The van der Waals surface area contributed by atoms with Gasteiger partial charge in [0.15, 0.2) is 0 Å². The highest BCUT2D eigenvalue weighted by molar-refractivity contribution is 5.30. The Morgan fingerprint density at radius 3 is 2.95 bits per heavy atom. The van der Waals surface area contributed by atoms with Crippen LogP contribution in [0.15, 0.2) is 24.3 Å². The zero-order valence-electron chi connectivity index (χ0n) is 12.7. The highest BCUT2D eigenvalue weighted by Gasteiger charge is 2.24. The summed E-state index contributed by atoms with van der Waals surface area (Å²) >= 11 is 0. The lowest BCUT2D eigenvalue weighted by molar-refractivity contribution is 0.0251. The van der Waals surface area contributed by atoms with E-state index in [4.69, 9.17) is 14.2 Å². The van der Waals surface area contributed by atoms with E-state index in [-0.39, 0.29) is 6.10 Å². The average molecular weight is 291 g/mol. The lowest BCUT2D eigenvalue weighted by Crippen LogP contribution is -2.26. The smallest absolute Gasteiger partial charge is 0.119 e. The monoisotopic (exact) mass is 291 g/mol. The molecule has 2 fully saturated rings. The van der Waals surface area contributed by atoms with Gasteiger partial charge in [0.05, 0.1) is 26.4 Å². The number of ether oxygens (including phenoxy) is 3. The van der Waals surface area contributed by atoms with Gasteiger partial charge in [0, 0.05) is 25.1 Å². The molecule has 21 heavy (non-hydrogen) atoms. The first kappa shape index (κ1) is 14.8. The minimum atomic E-state index is 0.0845. The van der Waals surface area contributed by atoms with Crippen molar-refractivity contribution in [1.82, 2.24) is 5.32 Å². The normalized spacial score (nSPS) is 23.2. The fourth-order valence-electron chi connectivity index (χ4n) is 2.64. The fraction of sp³-hybridized carbons (Fsp3) is 0.647. The quantitative estimate of drug-likeness (QED) is 0.799. The zero-order chi connectivity index (χ0) is 14.5. The number of hydrogen-bond acceptors (Lipinski definition) is 4. The maximum Gasteiger partial charge on any atom is 0.119 e. The maximum atomic E-state index is 6.19. The second kappa shape index (κ2) is 7.25. The molecule has 0 radical (unpaired) electrons. The average Bonchev–Trinajstić information content (AvgIpc) is 3.21. The second-order valence-electron chi connectivity index (χ2n) is 6.01. The van der Waals surface area contributed by atoms with Crippen molar-refractivity contribution in [3.63, 3.8) is 0 Å². The fourth-order valence-corrected chi connectivity index (χ4v) is 2.64. The van der Waals surface area contributed by atoms with Crippen LogP contribution in [0, 0.1) is 5.92 Å². The van der Waals surface area contributed by atoms with Gasteiger partial charge in [-0.2, -0.15) is 0 Å². The molecule has 1 aliphatic carbocycles. The molecule has 4 heteroatoms. The highest BCUT2D eigenvalue weighted by atomic mass is 16.5. The highest BCUT2D eigenvalue weighted by Crippen LogP contribution is 2.26. The van der Waals surface area contributed by atoms with Gasteiger partial charge in [0.2, 0.25) is 0 Å². The van der Waals surface area contributed by atoms with Crippen molar-refractivity contribution in [1.29, 1.82) is 0 Å². The van der Waals surface area contributed by atoms with Crippen molar-refractivity contribution in [3.8, 4) is 5.75 Å². The van der Waals surface area contributed by atoms with Crippen LogP contribution in [-0.4, -0.2) is 39.5 Å². The van der Waals surface area contributed by atoms with Crippen LogP contribution in [0.1, 0.15) is 30.9 Å². The number of benzene rings is 1. The molecule has 2 aliphatic rings. The molecular formula is C17H25NO3. The van der Waals surface area contributed by atoms with E-state index in [1.807, 2.05) is 12.1 Å². The number of nitrogens with one attached hydrogen (secondary N) is 1. The summed E-state index contributed by atoms with van der Waals surface area (Å²) in [6, 6.07) is 8.88. The van der Waals surface area contributed by atoms with Gasteiger partial charge < -0.3 is 19.5 Å². The van der Waals surface area contributed by atoms with Crippen molar-refractivity contribution in [2.45, 2.75) is 31.4 Å². The molecule has 1 N–H and O–H groups in total. The van der Waals surface area contributed by atoms with Crippen LogP contribution in [0.4, 0.5) is 0 Å². The Bertz CT molecular complexity index is 441. The first-order chi connectivity index (χ1) is 10.3. The molecule has 1 aliphatic heterocycles. The SMILES string of the molecule is COc1cccc(C(CNC2CC2)OCC2CCOC2)c1.